The number of carboxylic acids is 1. The number of carbonyl (C=O) groups is 1. The second-order valence-corrected chi connectivity index (χ2v) is 10.8. The van der Waals surface area contributed by atoms with E-state index >= 15 is 0 Å². The van der Waals surface area contributed by atoms with Gasteiger partial charge < -0.3 is 10.0 Å². The summed E-state index contributed by atoms with van der Waals surface area (Å²) in [6.07, 6.45) is 0.466. The Hall–Kier alpha value is -3.09. The van der Waals surface area contributed by atoms with Crippen LogP contribution in [0.3, 0.4) is 0 Å². The number of piperazine rings is 1. The lowest BCUT2D eigenvalue weighted by Gasteiger charge is -2.36. The Bertz CT molecular complexity index is 1140. The van der Waals surface area contributed by atoms with Gasteiger partial charge in [-0.2, -0.15) is 5.26 Å². The number of aromatic carboxylic acids is 1. The van der Waals surface area contributed by atoms with E-state index in [9.17, 15) is 18.3 Å². The second-order valence-electron chi connectivity index (χ2n) is 9.15. The van der Waals surface area contributed by atoms with Crippen molar-refractivity contribution in [2.75, 3.05) is 42.3 Å². The van der Waals surface area contributed by atoms with Gasteiger partial charge in [0.2, 0.25) is 0 Å². The highest BCUT2D eigenvalue weighted by Crippen LogP contribution is 2.28. The predicted octanol–water partition coefficient (Wildman–Crippen LogP) is 3.52. The van der Waals surface area contributed by atoms with Crippen molar-refractivity contribution in [1.29, 1.82) is 5.26 Å². The van der Waals surface area contributed by atoms with Crippen LogP contribution in [-0.4, -0.2) is 57.1 Å². The molecule has 0 atom stereocenters. The molecular weight excluding hydrogens is 440 g/mol. The lowest BCUT2D eigenvalue weighted by atomic mass is 9.87. The zero-order valence-corrected chi connectivity index (χ0v) is 20.0. The third-order valence-electron chi connectivity index (χ3n) is 5.76. The molecule has 0 bridgehead atoms. The Morgan fingerprint density at radius 1 is 1.09 bits per heavy atom. The molecule has 0 unspecified atom stereocenters. The molecule has 1 fully saturated rings. The van der Waals surface area contributed by atoms with Crippen LogP contribution in [0.15, 0.2) is 47.4 Å². The van der Waals surface area contributed by atoms with E-state index in [1.54, 1.807) is 36.4 Å². The minimum Gasteiger partial charge on any atom is -0.478 e. The molecule has 0 radical (unpaired) electrons. The average Bonchev–Trinajstić information content (AvgIpc) is 2.77. The summed E-state index contributed by atoms with van der Waals surface area (Å²) in [6.45, 7) is 9.60. The fraction of sp³-hybridized carbons (Fsp3) is 0.417. The number of anilines is 2. The Balaban J connectivity index is 1.78. The van der Waals surface area contributed by atoms with Crippen molar-refractivity contribution in [3.05, 3.63) is 53.6 Å². The van der Waals surface area contributed by atoms with Gasteiger partial charge in [0.05, 0.1) is 22.2 Å². The molecule has 1 aliphatic heterocycles. The molecule has 0 aromatic heterocycles. The first kappa shape index (κ1) is 24.6. The van der Waals surface area contributed by atoms with Crippen LogP contribution < -0.4 is 9.62 Å². The van der Waals surface area contributed by atoms with Crippen LogP contribution in [0.4, 0.5) is 11.4 Å². The fourth-order valence-electron chi connectivity index (χ4n) is 3.82. The summed E-state index contributed by atoms with van der Waals surface area (Å²) >= 11 is 0. The van der Waals surface area contributed by atoms with Gasteiger partial charge in [0.25, 0.3) is 10.0 Å². The summed E-state index contributed by atoms with van der Waals surface area (Å²) < 4.78 is 28.2. The van der Waals surface area contributed by atoms with E-state index < -0.39 is 16.0 Å². The van der Waals surface area contributed by atoms with Gasteiger partial charge in [0.15, 0.2) is 0 Å². The Kier molecular flexibility index (Phi) is 7.30. The number of sulfonamides is 1. The fourth-order valence-corrected chi connectivity index (χ4v) is 4.86. The van der Waals surface area contributed by atoms with Crippen LogP contribution in [0.2, 0.25) is 0 Å². The number of hydrogen-bond acceptors (Lipinski definition) is 6. The molecule has 2 N–H and O–H groups in total. The topological polar surface area (TPSA) is 114 Å². The van der Waals surface area contributed by atoms with Crippen LogP contribution in [0.25, 0.3) is 0 Å². The van der Waals surface area contributed by atoms with Crippen LogP contribution in [-0.2, 0) is 15.4 Å². The van der Waals surface area contributed by atoms with Crippen molar-refractivity contribution in [2.24, 2.45) is 0 Å². The summed E-state index contributed by atoms with van der Waals surface area (Å²) in [7, 11) is -3.86. The Morgan fingerprint density at radius 3 is 2.27 bits per heavy atom. The first-order chi connectivity index (χ1) is 15.5. The largest absolute Gasteiger partial charge is 0.478 e. The van der Waals surface area contributed by atoms with Crippen molar-refractivity contribution in [2.45, 2.75) is 37.5 Å². The van der Waals surface area contributed by atoms with E-state index in [4.69, 9.17) is 5.26 Å². The molecule has 2 aromatic carbocycles. The van der Waals surface area contributed by atoms with Gasteiger partial charge in [0, 0.05) is 44.8 Å². The highest BCUT2D eigenvalue weighted by Gasteiger charge is 2.23. The molecule has 1 saturated heterocycles. The standard InChI is InChI=1S/C24H30N4O4S/c1-24(2,3)18-5-8-20(9-6-18)33(31,32)26-19-7-10-22(21(17-19)23(29)30)28-15-13-27(14-16-28)12-4-11-25/h5-10,17,26H,4,12-16H2,1-3H3,(H,29,30). The molecule has 176 valence electrons. The molecular formula is C24H30N4O4S. The van der Waals surface area contributed by atoms with Crippen molar-refractivity contribution in [3.8, 4) is 6.07 Å². The molecule has 1 aliphatic rings. The van der Waals surface area contributed by atoms with Crippen LogP contribution in [0.1, 0.15) is 43.1 Å². The number of hydrogen-bond donors (Lipinski definition) is 2. The maximum absolute atomic E-state index is 12.9. The SMILES string of the molecule is CC(C)(C)c1ccc(S(=O)(=O)Nc2ccc(N3CCN(CCC#N)CC3)c(C(=O)O)c2)cc1. The average molecular weight is 471 g/mol. The number of nitrogens with zero attached hydrogens (tertiary/aromatic N) is 3. The first-order valence-electron chi connectivity index (χ1n) is 10.9. The molecule has 33 heavy (non-hydrogen) atoms. The third-order valence-corrected chi connectivity index (χ3v) is 7.16. The molecule has 8 nitrogen and oxygen atoms in total. The summed E-state index contributed by atoms with van der Waals surface area (Å²) in [5.41, 5.74) is 1.72. The van der Waals surface area contributed by atoms with Crippen molar-refractivity contribution in [1.82, 2.24) is 4.90 Å². The maximum Gasteiger partial charge on any atom is 0.337 e. The second kappa shape index (κ2) is 9.81. The minimum absolute atomic E-state index is 0.0451. The molecule has 9 heteroatoms. The molecule has 0 amide bonds. The summed E-state index contributed by atoms with van der Waals surface area (Å²) in [5.74, 6) is -1.12. The third kappa shape index (κ3) is 6.03. The zero-order valence-electron chi connectivity index (χ0n) is 19.2. The van der Waals surface area contributed by atoms with Crippen molar-refractivity contribution >= 4 is 27.4 Å². The van der Waals surface area contributed by atoms with E-state index in [2.05, 4.69) is 36.5 Å². The number of carboxylic acid groups (broad SMARTS) is 1. The molecule has 0 aliphatic carbocycles. The van der Waals surface area contributed by atoms with E-state index in [-0.39, 0.29) is 21.6 Å². The summed E-state index contributed by atoms with van der Waals surface area (Å²) in [5, 5.41) is 18.5. The number of rotatable bonds is 7. The van der Waals surface area contributed by atoms with Crippen LogP contribution in [0.5, 0.6) is 0 Å². The number of nitriles is 1. The van der Waals surface area contributed by atoms with E-state index in [1.807, 2.05) is 4.90 Å². The van der Waals surface area contributed by atoms with Crippen LogP contribution in [0, 0.1) is 11.3 Å². The molecule has 3 rings (SSSR count). The molecule has 1 heterocycles. The van der Waals surface area contributed by atoms with Gasteiger partial charge in [-0.1, -0.05) is 32.9 Å². The smallest absolute Gasteiger partial charge is 0.337 e. The van der Waals surface area contributed by atoms with Gasteiger partial charge in [-0.05, 0) is 41.3 Å². The summed E-state index contributed by atoms with van der Waals surface area (Å²) in [6, 6.07) is 13.4. The zero-order chi connectivity index (χ0) is 24.2. The predicted molar refractivity (Wildman–Crippen MR) is 128 cm³/mol. The van der Waals surface area contributed by atoms with E-state index in [0.717, 1.165) is 18.7 Å². The normalized spacial score (nSPS) is 15.2. The quantitative estimate of drug-likeness (QED) is 0.636. The Morgan fingerprint density at radius 2 is 1.73 bits per heavy atom. The van der Waals surface area contributed by atoms with E-state index in [1.165, 1.54) is 6.07 Å². The van der Waals surface area contributed by atoms with Crippen molar-refractivity contribution < 1.29 is 18.3 Å². The molecule has 0 saturated carbocycles. The van der Waals surface area contributed by atoms with Gasteiger partial charge in [-0.15, -0.1) is 0 Å². The molecule has 2 aromatic rings. The van der Waals surface area contributed by atoms with Gasteiger partial charge >= 0.3 is 5.97 Å². The lowest BCUT2D eigenvalue weighted by Crippen LogP contribution is -2.47. The van der Waals surface area contributed by atoms with Gasteiger partial charge in [0.1, 0.15) is 0 Å². The van der Waals surface area contributed by atoms with Gasteiger partial charge in [-0.3, -0.25) is 9.62 Å². The van der Waals surface area contributed by atoms with Gasteiger partial charge in [-0.25, -0.2) is 13.2 Å². The monoisotopic (exact) mass is 470 g/mol. The summed E-state index contributed by atoms with van der Waals surface area (Å²) in [4.78, 5) is 16.2. The highest BCUT2D eigenvalue weighted by atomic mass is 32.2. The Labute approximate surface area is 195 Å². The lowest BCUT2D eigenvalue weighted by molar-refractivity contribution is 0.0697. The van der Waals surface area contributed by atoms with Crippen LogP contribution >= 0.6 is 0 Å². The van der Waals surface area contributed by atoms with Crippen molar-refractivity contribution in [3.63, 3.8) is 0 Å². The molecule has 0 spiro atoms. The minimum atomic E-state index is -3.86. The number of benzene rings is 2. The van der Waals surface area contributed by atoms with E-state index in [0.29, 0.717) is 31.7 Å². The maximum atomic E-state index is 12.9. The number of nitrogens with one attached hydrogen (secondary N) is 1. The highest BCUT2D eigenvalue weighted by molar-refractivity contribution is 7.92. The first-order valence-corrected chi connectivity index (χ1v) is 12.3.